The Hall–Kier alpha value is -3.08. The fourth-order valence-electron chi connectivity index (χ4n) is 3.09. The normalized spacial score (nSPS) is 13.2. The Morgan fingerprint density at radius 2 is 2.00 bits per heavy atom. The van der Waals surface area contributed by atoms with Gasteiger partial charge in [-0.15, -0.1) is 0 Å². The largest absolute Gasteiger partial charge is 0.378 e. The van der Waals surface area contributed by atoms with E-state index in [2.05, 4.69) is 44.5 Å². The molecule has 1 aliphatic heterocycles. The quantitative estimate of drug-likeness (QED) is 0.752. The first-order valence-corrected chi connectivity index (χ1v) is 8.48. The van der Waals surface area contributed by atoms with Crippen molar-refractivity contribution >= 4 is 17.3 Å². The molecule has 1 amide bonds. The number of benzene rings is 2. The number of carbonyl (C=O) groups is 1. The summed E-state index contributed by atoms with van der Waals surface area (Å²) >= 11 is 0. The van der Waals surface area contributed by atoms with Crippen molar-refractivity contribution in [3.8, 4) is 0 Å². The first-order chi connectivity index (χ1) is 12.3. The van der Waals surface area contributed by atoms with Gasteiger partial charge < -0.3 is 15.2 Å². The molecule has 0 aliphatic carbocycles. The van der Waals surface area contributed by atoms with Crippen molar-refractivity contribution in [2.24, 2.45) is 0 Å². The van der Waals surface area contributed by atoms with E-state index < -0.39 is 0 Å². The molecule has 5 heteroatoms. The first-order valence-electron chi connectivity index (χ1n) is 8.48. The van der Waals surface area contributed by atoms with Crippen LogP contribution in [0.25, 0.3) is 0 Å². The smallest absolute Gasteiger partial charge is 0.224 e. The molecule has 0 radical (unpaired) electrons. The Kier molecular flexibility index (Phi) is 4.21. The number of fused-ring (bicyclic) bond motifs is 1. The van der Waals surface area contributed by atoms with Crippen LogP contribution in [0.1, 0.15) is 23.4 Å². The second-order valence-electron chi connectivity index (χ2n) is 6.23. The Labute approximate surface area is 146 Å². The van der Waals surface area contributed by atoms with Crippen LogP contribution in [0, 0.1) is 0 Å². The van der Waals surface area contributed by atoms with Gasteiger partial charge in [0, 0.05) is 36.7 Å². The number of amides is 1. The highest BCUT2D eigenvalue weighted by Crippen LogP contribution is 2.26. The van der Waals surface area contributed by atoms with Gasteiger partial charge in [0.15, 0.2) is 0 Å². The van der Waals surface area contributed by atoms with Crippen molar-refractivity contribution in [1.29, 1.82) is 0 Å². The maximum atomic E-state index is 11.6. The van der Waals surface area contributed by atoms with Crippen LogP contribution >= 0.6 is 0 Å². The summed E-state index contributed by atoms with van der Waals surface area (Å²) in [4.78, 5) is 16.0. The predicted molar refractivity (Wildman–Crippen MR) is 98.5 cm³/mol. The van der Waals surface area contributed by atoms with E-state index in [0.29, 0.717) is 13.0 Å². The van der Waals surface area contributed by atoms with Gasteiger partial charge in [0.05, 0.1) is 6.54 Å². The van der Waals surface area contributed by atoms with E-state index in [1.165, 1.54) is 11.1 Å². The minimum atomic E-state index is 0.0862. The van der Waals surface area contributed by atoms with Crippen LogP contribution in [0.15, 0.2) is 60.9 Å². The minimum absolute atomic E-state index is 0.0862. The zero-order valence-electron chi connectivity index (χ0n) is 13.9. The summed E-state index contributed by atoms with van der Waals surface area (Å²) in [5.74, 6) is 1.06. The second kappa shape index (κ2) is 6.81. The summed E-state index contributed by atoms with van der Waals surface area (Å²) in [5, 5.41) is 6.34. The van der Waals surface area contributed by atoms with Gasteiger partial charge in [0.2, 0.25) is 5.91 Å². The number of nitrogens with zero attached hydrogens (tertiary/aromatic N) is 2. The van der Waals surface area contributed by atoms with Crippen molar-refractivity contribution in [1.82, 2.24) is 9.55 Å². The van der Waals surface area contributed by atoms with Gasteiger partial charge in [0.1, 0.15) is 5.82 Å². The number of aromatic nitrogens is 2. The van der Waals surface area contributed by atoms with E-state index in [4.69, 9.17) is 0 Å². The molecule has 2 aromatic carbocycles. The number of carbonyl (C=O) groups excluding carboxylic acids is 1. The molecule has 2 heterocycles. The fourth-order valence-corrected chi connectivity index (χ4v) is 3.09. The number of anilines is 2. The Balaban J connectivity index is 1.45. The highest BCUT2D eigenvalue weighted by Gasteiger charge is 2.14. The third kappa shape index (κ3) is 3.55. The van der Waals surface area contributed by atoms with Gasteiger partial charge >= 0.3 is 0 Å². The molecule has 1 aliphatic rings. The van der Waals surface area contributed by atoms with Crippen LogP contribution in [0.5, 0.6) is 0 Å². The molecule has 3 aromatic rings. The van der Waals surface area contributed by atoms with Crippen molar-refractivity contribution in [2.45, 2.75) is 25.9 Å². The van der Waals surface area contributed by atoms with Crippen molar-refractivity contribution in [3.05, 3.63) is 77.9 Å². The average Bonchev–Trinajstić information content (AvgIpc) is 3.07. The third-order valence-electron chi connectivity index (χ3n) is 4.45. The molecule has 1 aromatic heterocycles. The number of hydrogen-bond acceptors (Lipinski definition) is 3. The van der Waals surface area contributed by atoms with Crippen LogP contribution < -0.4 is 10.6 Å². The monoisotopic (exact) mass is 332 g/mol. The maximum Gasteiger partial charge on any atom is 0.224 e. The van der Waals surface area contributed by atoms with Crippen molar-refractivity contribution in [2.75, 3.05) is 10.6 Å². The SMILES string of the molecule is O=C1CCc2ccc(NCc3nccn3Cc3ccccc3)cc2N1. The highest BCUT2D eigenvalue weighted by molar-refractivity contribution is 5.94. The van der Waals surface area contributed by atoms with E-state index in [1.807, 2.05) is 36.7 Å². The van der Waals surface area contributed by atoms with Gasteiger partial charge in [0.25, 0.3) is 0 Å². The number of nitrogens with one attached hydrogen (secondary N) is 2. The molecule has 0 spiro atoms. The lowest BCUT2D eigenvalue weighted by Gasteiger charge is -2.18. The molecule has 0 saturated carbocycles. The van der Waals surface area contributed by atoms with Crippen molar-refractivity contribution < 1.29 is 4.79 Å². The summed E-state index contributed by atoms with van der Waals surface area (Å²) in [6.45, 7) is 1.44. The molecule has 25 heavy (non-hydrogen) atoms. The van der Waals surface area contributed by atoms with Crippen molar-refractivity contribution in [3.63, 3.8) is 0 Å². The molecule has 5 nitrogen and oxygen atoms in total. The Morgan fingerprint density at radius 3 is 2.88 bits per heavy atom. The number of rotatable bonds is 5. The third-order valence-corrected chi connectivity index (χ3v) is 4.45. The topological polar surface area (TPSA) is 59.0 Å². The van der Waals surface area contributed by atoms with Crippen LogP contribution in [-0.4, -0.2) is 15.5 Å². The molecule has 2 N–H and O–H groups in total. The zero-order valence-corrected chi connectivity index (χ0v) is 13.9. The van der Waals surface area contributed by atoms with E-state index >= 15 is 0 Å². The minimum Gasteiger partial charge on any atom is -0.378 e. The number of hydrogen-bond donors (Lipinski definition) is 2. The fraction of sp³-hybridized carbons (Fsp3) is 0.200. The first kappa shape index (κ1) is 15.4. The van der Waals surface area contributed by atoms with Crippen LogP contribution in [-0.2, 0) is 24.3 Å². The van der Waals surface area contributed by atoms with Gasteiger partial charge in [-0.2, -0.15) is 0 Å². The maximum absolute atomic E-state index is 11.6. The molecule has 126 valence electrons. The zero-order chi connectivity index (χ0) is 17.1. The van der Waals surface area contributed by atoms with Gasteiger partial charge in [-0.1, -0.05) is 36.4 Å². The molecular weight excluding hydrogens is 312 g/mol. The van der Waals surface area contributed by atoms with Gasteiger partial charge in [-0.25, -0.2) is 4.98 Å². The van der Waals surface area contributed by atoms with E-state index in [0.717, 1.165) is 30.2 Å². The molecule has 0 saturated heterocycles. The number of aryl methyl sites for hydroxylation is 1. The molecule has 0 bridgehead atoms. The predicted octanol–water partition coefficient (Wildman–Crippen LogP) is 3.43. The van der Waals surface area contributed by atoms with E-state index in [-0.39, 0.29) is 5.91 Å². The van der Waals surface area contributed by atoms with Gasteiger partial charge in [-0.05, 0) is 29.7 Å². The Bertz CT molecular complexity index is 886. The molecule has 4 rings (SSSR count). The summed E-state index contributed by atoms with van der Waals surface area (Å²) < 4.78 is 2.14. The summed E-state index contributed by atoms with van der Waals surface area (Å²) in [6.07, 6.45) is 5.20. The summed E-state index contributed by atoms with van der Waals surface area (Å²) in [5.41, 5.74) is 4.33. The van der Waals surface area contributed by atoms with Crippen LogP contribution in [0.3, 0.4) is 0 Å². The molecule has 0 atom stereocenters. The van der Waals surface area contributed by atoms with Gasteiger partial charge in [-0.3, -0.25) is 4.79 Å². The molecular formula is C20H20N4O. The second-order valence-corrected chi connectivity index (χ2v) is 6.23. The standard InChI is InChI=1S/C20H20N4O/c25-20-9-7-16-6-8-17(12-18(16)23-20)22-13-19-21-10-11-24(19)14-15-4-2-1-3-5-15/h1-6,8,10-12,22H,7,9,13-14H2,(H,23,25). The van der Waals surface area contributed by atoms with E-state index in [1.54, 1.807) is 0 Å². The lowest BCUT2D eigenvalue weighted by Crippen LogP contribution is -2.19. The van der Waals surface area contributed by atoms with Crippen LogP contribution in [0.2, 0.25) is 0 Å². The lowest BCUT2D eigenvalue weighted by molar-refractivity contribution is -0.116. The van der Waals surface area contributed by atoms with E-state index in [9.17, 15) is 4.79 Å². The average molecular weight is 332 g/mol. The summed E-state index contributed by atoms with van der Waals surface area (Å²) in [6, 6.07) is 16.5. The molecule has 0 unspecified atom stereocenters. The summed E-state index contributed by atoms with van der Waals surface area (Å²) in [7, 11) is 0. The van der Waals surface area contributed by atoms with Crippen LogP contribution in [0.4, 0.5) is 11.4 Å². The highest BCUT2D eigenvalue weighted by atomic mass is 16.1. The number of imidazole rings is 1. The Morgan fingerprint density at radius 1 is 1.12 bits per heavy atom. The molecule has 0 fully saturated rings. The lowest BCUT2D eigenvalue weighted by atomic mass is 10.0.